The molecule has 2 rings (SSSR count). The van der Waals surface area contributed by atoms with E-state index in [-0.39, 0.29) is 25.6 Å². The highest BCUT2D eigenvalue weighted by atomic mass is 19.3. The first kappa shape index (κ1) is 19.1. The molecule has 0 amide bonds. The number of hydrogen-bond donors (Lipinski definition) is 0. The number of ether oxygens (including phenoxy) is 1. The fraction of sp³-hybridized carbons (Fsp3) is 1.00. The van der Waals surface area contributed by atoms with E-state index in [4.69, 9.17) is 4.74 Å². The van der Waals surface area contributed by atoms with Crippen molar-refractivity contribution in [1.29, 1.82) is 0 Å². The lowest BCUT2D eigenvalue weighted by Gasteiger charge is -2.38. The van der Waals surface area contributed by atoms with Crippen LogP contribution in [0.1, 0.15) is 90.9 Å². The van der Waals surface area contributed by atoms with E-state index in [1.54, 1.807) is 6.92 Å². The van der Waals surface area contributed by atoms with E-state index < -0.39 is 5.92 Å². The van der Waals surface area contributed by atoms with Gasteiger partial charge < -0.3 is 4.74 Å². The largest absolute Gasteiger partial charge is 0.378 e. The van der Waals surface area contributed by atoms with Gasteiger partial charge in [-0.3, -0.25) is 0 Å². The Labute approximate surface area is 141 Å². The fourth-order valence-corrected chi connectivity index (χ4v) is 4.63. The highest BCUT2D eigenvalue weighted by molar-refractivity contribution is 4.82. The van der Waals surface area contributed by atoms with Crippen LogP contribution in [0.2, 0.25) is 0 Å². The minimum atomic E-state index is -2.55. The molecule has 0 aromatic carbocycles. The van der Waals surface area contributed by atoms with Crippen molar-refractivity contribution in [3.05, 3.63) is 0 Å². The molecule has 0 aromatic rings. The van der Waals surface area contributed by atoms with E-state index in [9.17, 15) is 8.78 Å². The summed E-state index contributed by atoms with van der Waals surface area (Å²) in [5, 5.41) is 0. The second-order valence-corrected chi connectivity index (χ2v) is 7.94. The predicted octanol–water partition coefficient (Wildman–Crippen LogP) is 6.60. The van der Waals surface area contributed by atoms with Crippen LogP contribution >= 0.6 is 0 Å². The van der Waals surface area contributed by atoms with Gasteiger partial charge in [0.15, 0.2) is 0 Å². The molecule has 0 N–H and O–H groups in total. The summed E-state index contributed by atoms with van der Waals surface area (Å²) in [6.45, 7) is 4.06. The maximum Gasteiger partial charge on any atom is 0.250 e. The van der Waals surface area contributed by atoms with Crippen molar-refractivity contribution >= 4 is 0 Å². The van der Waals surface area contributed by atoms with Crippen LogP contribution in [-0.4, -0.2) is 18.6 Å². The van der Waals surface area contributed by atoms with Gasteiger partial charge in [0.05, 0.1) is 12.7 Å². The molecule has 0 aromatic heterocycles. The average molecular weight is 331 g/mol. The molecule has 136 valence electrons. The molecule has 2 saturated carbocycles. The number of hydrogen-bond acceptors (Lipinski definition) is 1. The molecule has 0 bridgehead atoms. The lowest BCUT2D eigenvalue weighted by atomic mass is 9.70. The summed E-state index contributed by atoms with van der Waals surface area (Å²) < 4.78 is 32.2. The van der Waals surface area contributed by atoms with E-state index in [0.717, 1.165) is 30.6 Å². The topological polar surface area (TPSA) is 9.23 Å². The van der Waals surface area contributed by atoms with Crippen molar-refractivity contribution in [2.75, 3.05) is 6.61 Å². The first-order valence-electron chi connectivity index (χ1n) is 10.0. The molecule has 2 aliphatic carbocycles. The van der Waals surface area contributed by atoms with E-state index in [0.29, 0.717) is 0 Å². The highest BCUT2D eigenvalue weighted by Crippen LogP contribution is 2.41. The highest BCUT2D eigenvalue weighted by Gasteiger charge is 2.31. The normalized spacial score (nSPS) is 32.9. The quantitative estimate of drug-likeness (QED) is 0.487. The second-order valence-electron chi connectivity index (χ2n) is 7.94. The molecule has 0 heterocycles. The zero-order chi connectivity index (χ0) is 16.7. The standard InChI is InChI=1S/C20H36F2O/c1-3-5-16-6-8-17(9-7-16)18-10-12-19(13-11-18)23-15-14-20(21,22)4-2/h16-19H,3-15H2,1-2H3. The third-order valence-electron chi connectivity index (χ3n) is 6.31. The Balaban J connectivity index is 1.61. The zero-order valence-corrected chi connectivity index (χ0v) is 15.2. The van der Waals surface area contributed by atoms with Crippen molar-refractivity contribution in [2.45, 2.75) is 103 Å². The molecule has 2 aliphatic rings. The van der Waals surface area contributed by atoms with Crippen molar-refractivity contribution < 1.29 is 13.5 Å². The van der Waals surface area contributed by atoms with Crippen molar-refractivity contribution in [3.63, 3.8) is 0 Å². The summed E-state index contributed by atoms with van der Waals surface area (Å²) in [7, 11) is 0. The lowest BCUT2D eigenvalue weighted by Crippen LogP contribution is -2.29. The van der Waals surface area contributed by atoms with Crippen molar-refractivity contribution in [3.8, 4) is 0 Å². The Kier molecular flexibility index (Phi) is 7.78. The summed E-state index contributed by atoms with van der Waals surface area (Å²) in [6, 6.07) is 0. The van der Waals surface area contributed by atoms with Gasteiger partial charge in [0.25, 0.3) is 0 Å². The maximum atomic E-state index is 13.2. The van der Waals surface area contributed by atoms with Crippen LogP contribution in [-0.2, 0) is 4.74 Å². The maximum absolute atomic E-state index is 13.2. The number of halogens is 2. The van der Waals surface area contributed by atoms with Crippen molar-refractivity contribution in [2.24, 2.45) is 17.8 Å². The van der Waals surface area contributed by atoms with Gasteiger partial charge in [0.2, 0.25) is 5.92 Å². The minimum absolute atomic E-state index is 0.0796. The van der Waals surface area contributed by atoms with Crippen LogP contribution in [0.5, 0.6) is 0 Å². The van der Waals surface area contributed by atoms with Gasteiger partial charge in [-0.25, -0.2) is 8.78 Å². The summed E-state index contributed by atoms with van der Waals surface area (Å²) in [4.78, 5) is 0. The minimum Gasteiger partial charge on any atom is -0.378 e. The van der Waals surface area contributed by atoms with Crippen LogP contribution in [0.15, 0.2) is 0 Å². The summed E-state index contributed by atoms with van der Waals surface area (Å²) >= 11 is 0. The van der Waals surface area contributed by atoms with Crippen molar-refractivity contribution in [1.82, 2.24) is 0 Å². The summed E-state index contributed by atoms with van der Waals surface area (Å²) in [5.41, 5.74) is 0. The van der Waals surface area contributed by atoms with E-state index in [2.05, 4.69) is 6.92 Å². The van der Waals surface area contributed by atoms with Crippen LogP contribution < -0.4 is 0 Å². The summed E-state index contributed by atoms with van der Waals surface area (Å²) in [6.07, 6.45) is 13.1. The molecule has 0 aliphatic heterocycles. The van der Waals surface area contributed by atoms with Gasteiger partial charge in [-0.05, 0) is 56.3 Å². The molecule has 0 spiro atoms. The lowest BCUT2D eigenvalue weighted by molar-refractivity contribution is -0.0593. The SMILES string of the molecule is CCCC1CCC(C2CCC(OCCC(F)(F)CC)CC2)CC1. The third kappa shape index (κ3) is 6.32. The molecule has 0 atom stereocenters. The molecular weight excluding hydrogens is 294 g/mol. The molecule has 0 unspecified atom stereocenters. The van der Waals surface area contributed by atoms with Crippen LogP contribution in [0.3, 0.4) is 0 Å². The Morgan fingerprint density at radius 1 is 0.870 bits per heavy atom. The van der Waals surface area contributed by atoms with E-state index >= 15 is 0 Å². The van der Waals surface area contributed by atoms with Gasteiger partial charge >= 0.3 is 0 Å². The molecule has 0 radical (unpaired) electrons. The third-order valence-corrected chi connectivity index (χ3v) is 6.31. The predicted molar refractivity (Wildman–Crippen MR) is 91.9 cm³/mol. The Morgan fingerprint density at radius 3 is 1.96 bits per heavy atom. The van der Waals surface area contributed by atoms with Gasteiger partial charge in [0, 0.05) is 12.8 Å². The Hall–Kier alpha value is -0.180. The first-order chi connectivity index (χ1) is 11.0. The first-order valence-corrected chi connectivity index (χ1v) is 10.0. The monoisotopic (exact) mass is 330 g/mol. The average Bonchev–Trinajstić information content (AvgIpc) is 2.56. The molecule has 3 heteroatoms. The Bertz CT molecular complexity index is 316. The Morgan fingerprint density at radius 2 is 1.43 bits per heavy atom. The van der Waals surface area contributed by atoms with Gasteiger partial charge in [-0.15, -0.1) is 0 Å². The van der Waals surface area contributed by atoms with Crippen LogP contribution in [0, 0.1) is 17.8 Å². The fourth-order valence-electron chi connectivity index (χ4n) is 4.63. The van der Waals surface area contributed by atoms with Crippen LogP contribution in [0.4, 0.5) is 8.78 Å². The van der Waals surface area contributed by atoms with E-state index in [1.807, 2.05) is 0 Å². The van der Waals surface area contributed by atoms with E-state index in [1.165, 1.54) is 51.4 Å². The van der Waals surface area contributed by atoms with Gasteiger partial charge in [-0.2, -0.15) is 0 Å². The zero-order valence-electron chi connectivity index (χ0n) is 15.2. The summed E-state index contributed by atoms with van der Waals surface area (Å²) in [5.74, 6) is 0.230. The smallest absolute Gasteiger partial charge is 0.250 e. The number of alkyl halides is 2. The molecule has 2 fully saturated rings. The molecular formula is C20H36F2O. The van der Waals surface area contributed by atoms with Crippen LogP contribution in [0.25, 0.3) is 0 Å². The molecule has 0 saturated heterocycles. The second kappa shape index (κ2) is 9.34. The van der Waals surface area contributed by atoms with Gasteiger partial charge in [0.1, 0.15) is 0 Å². The molecule has 23 heavy (non-hydrogen) atoms. The number of rotatable bonds is 8. The van der Waals surface area contributed by atoms with Gasteiger partial charge in [-0.1, -0.05) is 39.5 Å². The molecule has 1 nitrogen and oxygen atoms in total.